The van der Waals surface area contributed by atoms with Gasteiger partial charge in [-0.3, -0.25) is 4.99 Å². The summed E-state index contributed by atoms with van der Waals surface area (Å²) in [5.41, 5.74) is 4.48. The number of fused-ring (bicyclic) bond motifs is 1. The lowest BCUT2D eigenvalue weighted by molar-refractivity contribution is 0.414. The van der Waals surface area contributed by atoms with Crippen LogP contribution in [0.25, 0.3) is 5.65 Å². The zero-order valence-electron chi connectivity index (χ0n) is 17.1. The Morgan fingerprint density at radius 2 is 2.04 bits per heavy atom. The molecule has 1 N–H and O–H groups in total. The van der Waals surface area contributed by atoms with Crippen LogP contribution in [0.5, 0.6) is 5.75 Å². The molecule has 0 aliphatic heterocycles. The average molecular weight is 380 g/mol. The van der Waals surface area contributed by atoms with Gasteiger partial charge in [0.15, 0.2) is 5.96 Å². The van der Waals surface area contributed by atoms with E-state index in [1.807, 2.05) is 24.4 Å². The molecule has 0 fully saturated rings. The monoisotopic (exact) mass is 379 g/mol. The van der Waals surface area contributed by atoms with Crippen LogP contribution in [-0.2, 0) is 13.0 Å². The number of rotatable bonds is 7. The molecule has 0 bridgehead atoms. The van der Waals surface area contributed by atoms with Crippen LogP contribution >= 0.6 is 0 Å². The number of aryl methyl sites for hydroxylation is 1. The average Bonchev–Trinajstić information content (AvgIpc) is 3.12. The van der Waals surface area contributed by atoms with Crippen LogP contribution in [0.3, 0.4) is 0 Å². The molecule has 0 aliphatic carbocycles. The molecule has 0 saturated carbocycles. The Morgan fingerprint density at radius 1 is 1.25 bits per heavy atom. The molecule has 0 spiro atoms. The van der Waals surface area contributed by atoms with Gasteiger partial charge < -0.3 is 19.4 Å². The summed E-state index contributed by atoms with van der Waals surface area (Å²) in [6.07, 6.45) is 4.94. The second-order valence-corrected chi connectivity index (χ2v) is 6.84. The highest BCUT2D eigenvalue weighted by Crippen LogP contribution is 2.13. The van der Waals surface area contributed by atoms with Crippen molar-refractivity contribution in [3.63, 3.8) is 0 Å². The Hall–Kier alpha value is -3.02. The first kappa shape index (κ1) is 19.7. The number of hydrogen-bond donors (Lipinski definition) is 1. The Balaban J connectivity index is 1.64. The van der Waals surface area contributed by atoms with Crippen molar-refractivity contribution in [2.24, 2.45) is 4.99 Å². The van der Waals surface area contributed by atoms with Gasteiger partial charge >= 0.3 is 0 Å². The Morgan fingerprint density at radius 3 is 2.71 bits per heavy atom. The van der Waals surface area contributed by atoms with E-state index in [9.17, 15) is 0 Å². The van der Waals surface area contributed by atoms with Gasteiger partial charge in [-0.2, -0.15) is 0 Å². The van der Waals surface area contributed by atoms with E-state index >= 15 is 0 Å². The number of nitrogens with zero attached hydrogens (tertiary/aromatic N) is 4. The van der Waals surface area contributed by atoms with Crippen molar-refractivity contribution in [1.82, 2.24) is 19.6 Å². The molecule has 3 rings (SSSR count). The molecule has 3 aromatic rings. The molecule has 2 aromatic heterocycles. The minimum Gasteiger partial charge on any atom is -0.497 e. The van der Waals surface area contributed by atoms with Crippen molar-refractivity contribution in [1.29, 1.82) is 0 Å². The lowest BCUT2D eigenvalue weighted by Gasteiger charge is -2.22. The summed E-state index contributed by atoms with van der Waals surface area (Å²) >= 11 is 0. The molecule has 0 unspecified atom stereocenters. The zero-order valence-corrected chi connectivity index (χ0v) is 17.1. The maximum Gasteiger partial charge on any atom is 0.193 e. The number of benzene rings is 1. The van der Waals surface area contributed by atoms with Gasteiger partial charge in [0.25, 0.3) is 0 Å². The molecule has 0 atom stereocenters. The Bertz CT molecular complexity index is 930. The van der Waals surface area contributed by atoms with Gasteiger partial charge in [-0.25, -0.2) is 4.98 Å². The molecule has 2 heterocycles. The molecule has 0 radical (unpaired) electrons. The number of methoxy groups -OCH3 is 1. The van der Waals surface area contributed by atoms with Crippen LogP contribution in [-0.4, -0.2) is 47.5 Å². The topological polar surface area (TPSA) is 54.2 Å². The van der Waals surface area contributed by atoms with E-state index in [-0.39, 0.29) is 0 Å². The smallest absolute Gasteiger partial charge is 0.193 e. The highest BCUT2D eigenvalue weighted by Gasteiger charge is 2.08. The quantitative estimate of drug-likeness (QED) is 0.506. The van der Waals surface area contributed by atoms with Gasteiger partial charge in [0.05, 0.1) is 12.8 Å². The first-order valence-electron chi connectivity index (χ1n) is 9.66. The lowest BCUT2D eigenvalue weighted by atomic mass is 10.2. The van der Waals surface area contributed by atoms with Crippen molar-refractivity contribution in [3.05, 3.63) is 65.6 Å². The summed E-state index contributed by atoms with van der Waals surface area (Å²) in [6.45, 7) is 6.48. The number of aliphatic imine (C=N–C) groups is 1. The normalized spacial score (nSPS) is 11.6. The van der Waals surface area contributed by atoms with E-state index in [2.05, 4.69) is 59.9 Å². The molecule has 6 heteroatoms. The summed E-state index contributed by atoms with van der Waals surface area (Å²) in [5, 5.41) is 3.37. The second kappa shape index (κ2) is 9.26. The molecular formula is C22H29N5O. The summed E-state index contributed by atoms with van der Waals surface area (Å²) in [4.78, 5) is 11.7. The Kier molecular flexibility index (Phi) is 6.53. The molecular weight excluding hydrogens is 350 g/mol. The van der Waals surface area contributed by atoms with Crippen LogP contribution in [0, 0.1) is 6.92 Å². The van der Waals surface area contributed by atoms with Crippen molar-refractivity contribution in [2.75, 3.05) is 27.2 Å². The first-order chi connectivity index (χ1) is 13.6. The van der Waals surface area contributed by atoms with Crippen LogP contribution in [0.1, 0.15) is 23.7 Å². The second-order valence-electron chi connectivity index (χ2n) is 6.84. The number of nitrogens with one attached hydrogen (secondary N) is 1. The van der Waals surface area contributed by atoms with E-state index in [1.54, 1.807) is 7.11 Å². The maximum atomic E-state index is 5.23. The third-order valence-corrected chi connectivity index (χ3v) is 4.63. The van der Waals surface area contributed by atoms with Gasteiger partial charge in [-0.1, -0.05) is 18.2 Å². The summed E-state index contributed by atoms with van der Waals surface area (Å²) in [5.74, 6) is 1.77. The predicted octanol–water partition coefficient (Wildman–Crippen LogP) is 3.29. The van der Waals surface area contributed by atoms with E-state index < -0.39 is 0 Å². The van der Waals surface area contributed by atoms with Crippen molar-refractivity contribution >= 4 is 11.6 Å². The highest BCUT2D eigenvalue weighted by atomic mass is 16.5. The third-order valence-electron chi connectivity index (χ3n) is 4.63. The van der Waals surface area contributed by atoms with Gasteiger partial charge in [-0.05, 0) is 43.2 Å². The van der Waals surface area contributed by atoms with Crippen molar-refractivity contribution in [3.8, 4) is 5.75 Å². The van der Waals surface area contributed by atoms with Crippen LogP contribution in [0.4, 0.5) is 0 Å². The summed E-state index contributed by atoms with van der Waals surface area (Å²) in [7, 11) is 3.74. The Labute approximate surface area is 166 Å². The molecule has 6 nitrogen and oxygen atoms in total. The largest absolute Gasteiger partial charge is 0.497 e. The van der Waals surface area contributed by atoms with Crippen molar-refractivity contribution in [2.45, 2.75) is 26.8 Å². The number of guanidine groups is 1. The number of hydrogen-bond acceptors (Lipinski definition) is 3. The molecule has 0 amide bonds. The van der Waals surface area contributed by atoms with Crippen LogP contribution < -0.4 is 10.1 Å². The predicted molar refractivity (Wildman–Crippen MR) is 114 cm³/mol. The highest BCUT2D eigenvalue weighted by molar-refractivity contribution is 5.79. The molecule has 148 valence electrons. The maximum absolute atomic E-state index is 5.23. The molecule has 1 aromatic carbocycles. The van der Waals surface area contributed by atoms with Crippen LogP contribution in [0.15, 0.2) is 53.8 Å². The lowest BCUT2D eigenvalue weighted by Crippen LogP contribution is -2.38. The summed E-state index contributed by atoms with van der Waals surface area (Å²) in [6, 6.07) is 12.3. The van der Waals surface area contributed by atoms with Gasteiger partial charge in [0.2, 0.25) is 0 Å². The number of imidazole rings is 1. The standard InChI is InChI=1S/C22H29N5O/c1-5-23-22(26(3)15-18-8-10-20(28-4)11-9-18)24-13-12-19-16-27-14-6-7-17(2)21(27)25-19/h6-11,14,16H,5,12-13,15H2,1-4H3,(H,23,24). The number of ether oxygens (including phenoxy) is 1. The first-order valence-corrected chi connectivity index (χ1v) is 9.66. The van der Waals surface area contributed by atoms with E-state index in [4.69, 9.17) is 14.7 Å². The number of aromatic nitrogens is 2. The van der Waals surface area contributed by atoms with Gasteiger partial charge in [-0.15, -0.1) is 0 Å². The number of pyridine rings is 1. The fourth-order valence-corrected chi connectivity index (χ4v) is 3.15. The molecule has 28 heavy (non-hydrogen) atoms. The molecule has 0 saturated heterocycles. The van der Waals surface area contributed by atoms with E-state index in [0.717, 1.165) is 42.6 Å². The van der Waals surface area contributed by atoms with Crippen molar-refractivity contribution < 1.29 is 4.74 Å². The zero-order chi connectivity index (χ0) is 19.9. The van der Waals surface area contributed by atoms with Crippen LogP contribution in [0.2, 0.25) is 0 Å². The van der Waals surface area contributed by atoms with E-state index in [0.29, 0.717) is 6.54 Å². The SMILES string of the molecule is CCNC(=NCCc1cn2cccc(C)c2n1)N(C)Cc1ccc(OC)cc1. The van der Waals surface area contributed by atoms with Gasteiger partial charge in [0.1, 0.15) is 11.4 Å². The van der Waals surface area contributed by atoms with E-state index in [1.165, 1.54) is 11.1 Å². The summed E-state index contributed by atoms with van der Waals surface area (Å²) < 4.78 is 7.31. The minimum atomic E-state index is 0.693. The fourth-order valence-electron chi connectivity index (χ4n) is 3.15. The molecule has 0 aliphatic rings. The fraction of sp³-hybridized carbons (Fsp3) is 0.364. The minimum absolute atomic E-state index is 0.693. The third kappa shape index (κ3) is 4.82. The van der Waals surface area contributed by atoms with Gasteiger partial charge in [0, 0.05) is 45.5 Å².